The first-order chi connectivity index (χ1) is 16.8. The van der Waals surface area contributed by atoms with Crippen molar-refractivity contribution in [3.05, 3.63) is 93.5 Å². The average Bonchev–Trinajstić information content (AvgIpc) is 3.10. The molecule has 0 spiro atoms. The van der Waals surface area contributed by atoms with Gasteiger partial charge in [0.15, 0.2) is 0 Å². The van der Waals surface area contributed by atoms with Gasteiger partial charge in [-0.2, -0.15) is 0 Å². The van der Waals surface area contributed by atoms with E-state index in [9.17, 15) is 14.7 Å². The average molecular weight is 508 g/mol. The van der Waals surface area contributed by atoms with Crippen LogP contribution in [0.5, 0.6) is 0 Å². The fourth-order valence-electron chi connectivity index (χ4n) is 6.68. The number of hydrogen-bond acceptors (Lipinski definition) is 3. The van der Waals surface area contributed by atoms with Gasteiger partial charge in [0.2, 0.25) is 0 Å². The summed E-state index contributed by atoms with van der Waals surface area (Å²) in [6.45, 7) is 0.137. The van der Waals surface area contributed by atoms with Gasteiger partial charge < -0.3 is 15.2 Å². The first kappa shape index (κ1) is 22.4. The van der Waals surface area contributed by atoms with Crippen LogP contribution in [0, 0.1) is 5.41 Å². The van der Waals surface area contributed by atoms with E-state index in [0.29, 0.717) is 29.3 Å². The van der Waals surface area contributed by atoms with Crippen molar-refractivity contribution in [3.8, 4) is 11.1 Å². The Labute approximate surface area is 213 Å². The van der Waals surface area contributed by atoms with E-state index in [1.807, 2.05) is 36.4 Å². The molecule has 3 fully saturated rings. The summed E-state index contributed by atoms with van der Waals surface area (Å²) in [5, 5.41) is 13.8. The van der Waals surface area contributed by atoms with Gasteiger partial charge in [-0.15, -0.1) is 0 Å². The molecule has 2 N–H and O–H groups in total. The number of amides is 1. The van der Waals surface area contributed by atoms with E-state index in [4.69, 9.17) is 27.9 Å². The summed E-state index contributed by atoms with van der Waals surface area (Å²) in [4.78, 5) is 24.9. The number of nitrogens with one attached hydrogen (secondary N) is 1. The normalized spacial score (nSPS) is 24.4. The first-order valence-corrected chi connectivity index (χ1v) is 12.4. The molecule has 0 aromatic heterocycles. The topological polar surface area (TPSA) is 75.6 Å². The molecule has 7 heteroatoms. The van der Waals surface area contributed by atoms with Gasteiger partial charge in [-0.05, 0) is 59.2 Å². The summed E-state index contributed by atoms with van der Waals surface area (Å²) < 4.78 is 5.59. The number of carboxylic acid groups (broad SMARTS) is 1. The number of carbonyl (C=O) groups excluding carboxylic acids is 1. The minimum Gasteiger partial charge on any atom is -0.480 e. The molecule has 1 unspecified atom stereocenters. The zero-order valence-corrected chi connectivity index (χ0v) is 20.3. The number of alkyl carbamates (subject to hydrolysis) is 1. The van der Waals surface area contributed by atoms with Crippen molar-refractivity contribution >= 4 is 35.3 Å². The van der Waals surface area contributed by atoms with Crippen LogP contribution in [0.1, 0.15) is 41.9 Å². The van der Waals surface area contributed by atoms with E-state index in [-0.39, 0.29) is 17.9 Å². The lowest BCUT2D eigenvalue weighted by Crippen LogP contribution is -2.73. The maximum absolute atomic E-state index is 12.8. The molecule has 1 amide bonds. The summed E-state index contributed by atoms with van der Waals surface area (Å²) >= 11 is 12.8. The van der Waals surface area contributed by atoms with Gasteiger partial charge in [0, 0.05) is 26.8 Å². The van der Waals surface area contributed by atoms with Gasteiger partial charge >= 0.3 is 12.1 Å². The van der Waals surface area contributed by atoms with Crippen LogP contribution in [-0.2, 0) is 14.9 Å². The van der Waals surface area contributed by atoms with Gasteiger partial charge in [-0.3, -0.25) is 0 Å². The molecule has 7 rings (SSSR count). The molecule has 178 valence electrons. The molecule has 0 radical (unpaired) electrons. The highest BCUT2D eigenvalue weighted by atomic mass is 35.5. The summed E-state index contributed by atoms with van der Waals surface area (Å²) in [7, 11) is 0. The van der Waals surface area contributed by atoms with Crippen LogP contribution in [0.3, 0.4) is 0 Å². The monoisotopic (exact) mass is 507 g/mol. The number of hydrogen-bond donors (Lipinski definition) is 2. The largest absolute Gasteiger partial charge is 0.480 e. The first-order valence-electron chi connectivity index (χ1n) is 11.6. The van der Waals surface area contributed by atoms with Crippen molar-refractivity contribution in [2.75, 3.05) is 6.61 Å². The second kappa shape index (κ2) is 8.00. The Hall–Kier alpha value is -3.02. The molecule has 2 bridgehead atoms. The number of rotatable bonds is 6. The number of benzene rings is 3. The molecule has 4 aliphatic rings. The highest BCUT2D eigenvalue weighted by molar-refractivity contribution is 6.36. The van der Waals surface area contributed by atoms with Crippen molar-refractivity contribution in [1.82, 2.24) is 5.32 Å². The number of ether oxygens (including phenoxy) is 1. The molecule has 3 saturated carbocycles. The van der Waals surface area contributed by atoms with E-state index in [1.54, 1.807) is 18.2 Å². The molecule has 0 saturated heterocycles. The molecule has 3 aromatic rings. The molecule has 0 aliphatic heterocycles. The number of carbonyl (C=O) groups is 2. The molecule has 1 atom stereocenters. The van der Waals surface area contributed by atoms with E-state index in [1.165, 1.54) is 0 Å². The van der Waals surface area contributed by atoms with Crippen LogP contribution in [0.2, 0.25) is 10.0 Å². The van der Waals surface area contributed by atoms with Crippen molar-refractivity contribution in [2.24, 2.45) is 5.41 Å². The Kier molecular flexibility index (Phi) is 5.13. The van der Waals surface area contributed by atoms with Crippen LogP contribution in [-0.4, -0.2) is 29.8 Å². The van der Waals surface area contributed by atoms with Crippen molar-refractivity contribution in [1.29, 1.82) is 0 Å². The van der Waals surface area contributed by atoms with E-state index < -0.39 is 23.5 Å². The van der Waals surface area contributed by atoms with Gasteiger partial charge in [0.1, 0.15) is 12.6 Å². The predicted molar refractivity (Wildman–Crippen MR) is 134 cm³/mol. The SMILES string of the molecule is O=C(NC(C(=O)O)C12CC(c3c(Cl)cccc3Cl)(C1)C2)OCC1c2ccccc2-c2ccccc21. The molecule has 35 heavy (non-hydrogen) atoms. The fourth-order valence-corrected chi connectivity index (χ4v) is 7.48. The minimum absolute atomic E-state index is 0.0861. The smallest absolute Gasteiger partial charge is 0.407 e. The van der Waals surface area contributed by atoms with Crippen molar-refractivity contribution < 1.29 is 19.4 Å². The molecule has 4 aliphatic carbocycles. The van der Waals surface area contributed by atoms with Gasteiger partial charge in [0.25, 0.3) is 0 Å². The summed E-state index contributed by atoms with van der Waals surface area (Å²) in [6, 6.07) is 20.5. The number of halogens is 2. The lowest BCUT2D eigenvalue weighted by molar-refractivity contribution is -0.183. The number of carboxylic acids is 1. The lowest BCUT2D eigenvalue weighted by atomic mass is 9.31. The van der Waals surface area contributed by atoms with Gasteiger partial charge in [-0.1, -0.05) is 77.8 Å². The summed E-state index contributed by atoms with van der Waals surface area (Å²) in [6.07, 6.45) is 1.13. The standard InChI is InChI=1S/C28H23Cl2NO4/c29-21-10-5-11-22(30)23(21)27-13-28(14-27,15-27)24(25(32)33)31-26(34)35-12-20-18-8-3-1-6-16(18)17-7-2-4-9-19(17)20/h1-11,20,24H,12-15H2,(H,31,34)(H,32,33). The second-order valence-corrected chi connectivity index (χ2v) is 10.8. The van der Waals surface area contributed by atoms with E-state index >= 15 is 0 Å². The van der Waals surface area contributed by atoms with Gasteiger partial charge in [0.05, 0.1) is 0 Å². The molecule has 5 nitrogen and oxygen atoms in total. The third-order valence-corrected chi connectivity index (χ3v) is 8.66. The molecular weight excluding hydrogens is 485 g/mol. The molecule has 3 aromatic carbocycles. The highest BCUT2D eigenvalue weighted by Crippen LogP contribution is 2.76. The third kappa shape index (κ3) is 3.36. The second-order valence-electron chi connectivity index (χ2n) is 10.0. The zero-order valence-electron chi connectivity index (χ0n) is 18.8. The summed E-state index contributed by atoms with van der Waals surface area (Å²) in [5.41, 5.74) is 4.64. The van der Waals surface area contributed by atoms with Crippen LogP contribution in [0.15, 0.2) is 66.7 Å². The number of aliphatic carboxylic acids is 1. The molecular formula is C28H23Cl2NO4. The predicted octanol–water partition coefficient (Wildman–Crippen LogP) is 6.41. The van der Waals surface area contributed by atoms with Crippen LogP contribution < -0.4 is 5.32 Å². The fraction of sp³-hybridized carbons (Fsp3) is 0.286. The Morgan fingerprint density at radius 3 is 2.00 bits per heavy atom. The van der Waals surface area contributed by atoms with Crippen LogP contribution >= 0.6 is 23.2 Å². The maximum atomic E-state index is 12.8. The van der Waals surface area contributed by atoms with Crippen LogP contribution in [0.25, 0.3) is 11.1 Å². The maximum Gasteiger partial charge on any atom is 0.407 e. The Bertz CT molecular complexity index is 1290. The Morgan fingerprint density at radius 1 is 0.914 bits per heavy atom. The molecule has 0 heterocycles. The van der Waals surface area contributed by atoms with Crippen LogP contribution in [0.4, 0.5) is 4.79 Å². The Morgan fingerprint density at radius 2 is 1.46 bits per heavy atom. The van der Waals surface area contributed by atoms with Gasteiger partial charge in [-0.25, -0.2) is 9.59 Å². The Balaban J connectivity index is 1.14. The highest BCUT2D eigenvalue weighted by Gasteiger charge is 2.73. The lowest BCUT2D eigenvalue weighted by Gasteiger charge is -2.72. The van der Waals surface area contributed by atoms with Crippen molar-refractivity contribution in [3.63, 3.8) is 0 Å². The van der Waals surface area contributed by atoms with Crippen molar-refractivity contribution in [2.45, 2.75) is 36.6 Å². The minimum atomic E-state index is -1.06. The number of fused-ring (bicyclic) bond motifs is 3. The van der Waals surface area contributed by atoms with E-state index in [0.717, 1.165) is 27.8 Å². The zero-order chi connectivity index (χ0) is 24.4. The third-order valence-electron chi connectivity index (χ3n) is 8.03. The quantitative estimate of drug-likeness (QED) is 0.404. The van der Waals surface area contributed by atoms with E-state index in [2.05, 4.69) is 17.4 Å². The summed E-state index contributed by atoms with van der Waals surface area (Å²) in [5.74, 6) is -1.14.